The van der Waals surface area contributed by atoms with E-state index < -0.39 is 0 Å². The first-order chi connectivity index (χ1) is 6.67. The number of anilines is 1. The standard InChI is InChI=1S/C8H10ClNO3S/c1-2-13-8(11)4-6-5(10-12)3-7(9)14-6/h3,10,12H,2,4H2,1H3. The highest BCUT2D eigenvalue weighted by Crippen LogP contribution is 2.31. The lowest BCUT2D eigenvalue weighted by Crippen LogP contribution is -2.07. The Labute approximate surface area is 90.4 Å². The van der Waals surface area contributed by atoms with Crippen LogP contribution >= 0.6 is 22.9 Å². The minimum absolute atomic E-state index is 0.119. The molecule has 0 saturated carbocycles. The Morgan fingerprint density at radius 2 is 2.50 bits per heavy atom. The fourth-order valence-electron chi connectivity index (χ4n) is 0.965. The Morgan fingerprint density at radius 3 is 3.07 bits per heavy atom. The van der Waals surface area contributed by atoms with Crippen LogP contribution in [-0.4, -0.2) is 17.8 Å². The van der Waals surface area contributed by atoms with Crippen molar-refractivity contribution in [1.29, 1.82) is 0 Å². The maximum absolute atomic E-state index is 11.1. The van der Waals surface area contributed by atoms with Crippen LogP contribution in [0, 0.1) is 0 Å². The van der Waals surface area contributed by atoms with E-state index in [0.29, 0.717) is 21.5 Å². The van der Waals surface area contributed by atoms with E-state index in [1.165, 1.54) is 11.3 Å². The summed E-state index contributed by atoms with van der Waals surface area (Å²) in [6, 6.07) is 1.56. The van der Waals surface area contributed by atoms with Gasteiger partial charge in [0.1, 0.15) is 0 Å². The summed E-state index contributed by atoms with van der Waals surface area (Å²) in [5.74, 6) is -0.331. The average Bonchev–Trinajstić information content (AvgIpc) is 2.46. The van der Waals surface area contributed by atoms with Gasteiger partial charge in [0.05, 0.1) is 23.1 Å². The van der Waals surface area contributed by atoms with Crippen LogP contribution in [-0.2, 0) is 16.0 Å². The van der Waals surface area contributed by atoms with E-state index in [2.05, 4.69) is 0 Å². The lowest BCUT2D eigenvalue weighted by Gasteiger charge is -2.01. The fourth-order valence-corrected chi connectivity index (χ4v) is 2.17. The topological polar surface area (TPSA) is 58.6 Å². The Morgan fingerprint density at radius 1 is 1.79 bits per heavy atom. The predicted molar refractivity (Wildman–Crippen MR) is 55.1 cm³/mol. The second kappa shape index (κ2) is 5.19. The van der Waals surface area contributed by atoms with Gasteiger partial charge in [-0.2, -0.15) is 0 Å². The highest BCUT2D eigenvalue weighted by molar-refractivity contribution is 7.16. The summed E-state index contributed by atoms with van der Waals surface area (Å²) < 4.78 is 5.28. The number of carbonyl (C=O) groups is 1. The van der Waals surface area contributed by atoms with Crippen LogP contribution in [0.1, 0.15) is 11.8 Å². The normalized spacial score (nSPS) is 9.93. The number of ether oxygens (including phenoxy) is 1. The number of rotatable bonds is 4. The minimum atomic E-state index is -0.331. The highest BCUT2D eigenvalue weighted by atomic mass is 35.5. The molecule has 0 bridgehead atoms. The van der Waals surface area contributed by atoms with Crippen molar-refractivity contribution in [1.82, 2.24) is 0 Å². The molecule has 1 rings (SSSR count). The molecule has 1 aromatic heterocycles. The molecule has 6 heteroatoms. The van der Waals surface area contributed by atoms with Crippen LogP contribution in [0.4, 0.5) is 5.69 Å². The Balaban J connectivity index is 2.70. The number of thiophene rings is 1. The lowest BCUT2D eigenvalue weighted by atomic mass is 10.3. The number of carbonyl (C=O) groups excluding carboxylic acids is 1. The van der Waals surface area contributed by atoms with Crippen molar-refractivity contribution in [3.8, 4) is 0 Å². The van der Waals surface area contributed by atoms with Crippen molar-refractivity contribution in [2.24, 2.45) is 0 Å². The maximum atomic E-state index is 11.1. The smallest absolute Gasteiger partial charge is 0.311 e. The molecule has 0 spiro atoms. The van der Waals surface area contributed by atoms with E-state index in [0.717, 1.165) is 0 Å². The molecule has 0 aliphatic rings. The largest absolute Gasteiger partial charge is 0.466 e. The van der Waals surface area contributed by atoms with Gasteiger partial charge in [-0.25, -0.2) is 0 Å². The maximum Gasteiger partial charge on any atom is 0.311 e. The molecular weight excluding hydrogens is 226 g/mol. The number of nitrogens with one attached hydrogen (secondary N) is 1. The molecule has 0 unspecified atom stereocenters. The molecule has 0 amide bonds. The highest BCUT2D eigenvalue weighted by Gasteiger charge is 2.12. The first-order valence-corrected chi connectivity index (χ1v) is 5.20. The van der Waals surface area contributed by atoms with Gasteiger partial charge >= 0.3 is 5.97 Å². The monoisotopic (exact) mass is 235 g/mol. The van der Waals surface area contributed by atoms with E-state index in [1.807, 2.05) is 5.48 Å². The molecule has 2 N–H and O–H groups in total. The van der Waals surface area contributed by atoms with Crippen LogP contribution < -0.4 is 5.48 Å². The lowest BCUT2D eigenvalue weighted by molar-refractivity contribution is -0.142. The Hall–Kier alpha value is -0.780. The molecule has 0 aliphatic heterocycles. The summed E-state index contributed by atoms with van der Waals surface area (Å²) in [4.78, 5) is 11.8. The molecule has 1 heterocycles. The third-order valence-electron chi connectivity index (χ3n) is 1.51. The van der Waals surface area contributed by atoms with Gasteiger partial charge in [0, 0.05) is 4.88 Å². The van der Waals surface area contributed by atoms with Crippen molar-refractivity contribution >= 4 is 34.6 Å². The van der Waals surface area contributed by atoms with Gasteiger partial charge in [-0.3, -0.25) is 15.5 Å². The van der Waals surface area contributed by atoms with E-state index in [1.54, 1.807) is 13.0 Å². The summed E-state index contributed by atoms with van der Waals surface area (Å²) in [7, 11) is 0. The first kappa shape index (κ1) is 11.3. The number of hydrogen-bond acceptors (Lipinski definition) is 5. The third kappa shape index (κ3) is 2.87. The molecule has 0 aromatic carbocycles. The molecule has 78 valence electrons. The predicted octanol–water partition coefficient (Wildman–Crippen LogP) is 2.31. The average molecular weight is 236 g/mol. The summed E-state index contributed by atoms with van der Waals surface area (Å²) in [6.07, 6.45) is 0.119. The molecule has 0 fully saturated rings. The number of halogens is 1. The quantitative estimate of drug-likeness (QED) is 0.621. The van der Waals surface area contributed by atoms with Crippen molar-refractivity contribution in [2.45, 2.75) is 13.3 Å². The van der Waals surface area contributed by atoms with Gasteiger partial charge in [-0.1, -0.05) is 11.6 Å². The molecule has 14 heavy (non-hydrogen) atoms. The summed E-state index contributed by atoms with van der Waals surface area (Å²) in [5.41, 5.74) is 2.43. The van der Waals surface area contributed by atoms with Crippen molar-refractivity contribution < 1.29 is 14.7 Å². The molecule has 0 saturated heterocycles. The zero-order valence-electron chi connectivity index (χ0n) is 7.54. The van der Waals surface area contributed by atoms with Crippen molar-refractivity contribution in [3.05, 3.63) is 15.3 Å². The van der Waals surface area contributed by atoms with E-state index in [-0.39, 0.29) is 12.4 Å². The third-order valence-corrected chi connectivity index (χ3v) is 2.77. The van der Waals surface area contributed by atoms with Crippen LogP contribution in [0.5, 0.6) is 0 Å². The molecular formula is C8H10ClNO3S. The van der Waals surface area contributed by atoms with Gasteiger partial charge in [-0.05, 0) is 13.0 Å². The van der Waals surface area contributed by atoms with Crippen LogP contribution in [0.3, 0.4) is 0 Å². The Kier molecular flexibility index (Phi) is 4.19. The summed E-state index contributed by atoms with van der Waals surface area (Å²) >= 11 is 6.96. The van der Waals surface area contributed by atoms with E-state index in [4.69, 9.17) is 21.5 Å². The molecule has 0 aliphatic carbocycles. The van der Waals surface area contributed by atoms with Crippen molar-refractivity contribution in [2.75, 3.05) is 12.1 Å². The SMILES string of the molecule is CCOC(=O)Cc1sc(Cl)cc1NO. The summed E-state index contributed by atoms with van der Waals surface area (Å²) in [5, 5.41) is 8.72. The van der Waals surface area contributed by atoms with Gasteiger partial charge in [0.15, 0.2) is 0 Å². The zero-order chi connectivity index (χ0) is 10.6. The second-order valence-corrected chi connectivity index (χ2v) is 4.25. The molecule has 0 radical (unpaired) electrons. The van der Waals surface area contributed by atoms with Crippen LogP contribution in [0.2, 0.25) is 4.34 Å². The zero-order valence-corrected chi connectivity index (χ0v) is 9.11. The molecule has 4 nitrogen and oxygen atoms in total. The Bertz CT molecular complexity index is 326. The number of esters is 1. The van der Waals surface area contributed by atoms with Crippen molar-refractivity contribution in [3.63, 3.8) is 0 Å². The van der Waals surface area contributed by atoms with Crippen LogP contribution in [0.25, 0.3) is 0 Å². The molecule has 0 atom stereocenters. The van der Waals surface area contributed by atoms with E-state index >= 15 is 0 Å². The fraction of sp³-hybridized carbons (Fsp3) is 0.375. The summed E-state index contributed by atoms with van der Waals surface area (Å²) in [6.45, 7) is 2.09. The van der Waals surface area contributed by atoms with Gasteiger partial charge in [0.25, 0.3) is 0 Å². The van der Waals surface area contributed by atoms with E-state index in [9.17, 15) is 4.79 Å². The molecule has 1 aromatic rings. The van der Waals surface area contributed by atoms with Gasteiger partial charge in [0.2, 0.25) is 0 Å². The first-order valence-electron chi connectivity index (χ1n) is 4.01. The van der Waals surface area contributed by atoms with Gasteiger partial charge < -0.3 is 4.74 Å². The number of hydrogen-bond donors (Lipinski definition) is 2. The minimum Gasteiger partial charge on any atom is -0.466 e. The van der Waals surface area contributed by atoms with Crippen LogP contribution in [0.15, 0.2) is 6.07 Å². The van der Waals surface area contributed by atoms with Gasteiger partial charge in [-0.15, -0.1) is 11.3 Å². The second-order valence-electron chi connectivity index (χ2n) is 2.48.